The highest BCUT2D eigenvalue weighted by Crippen LogP contribution is 2.53. The molecule has 0 aliphatic heterocycles. The summed E-state index contributed by atoms with van der Waals surface area (Å²) in [6.45, 7) is 4.72. The van der Waals surface area contributed by atoms with Gasteiger partial charge >= 0.3 is 0 Å². The van der Waals surface area contributed by atoms with Crippen molar-refractivity contribution in [2.45, 2.75) is 19.3 Å². The average Bonchev–Trinajstić information content (AvgIpc) is 3.50. The van der Waals surface area contributed by atoms with E-state index < -0.39 is 0 Å². The summed E-state index contributed by atoms with van der Waals surface area (Å²) < 4.78 is 0. The highest BCUT2D eigenvalue weighted by Gasteiger charge is 2.37. The highest BCUT2D eigenvalue weighted by atomic mass is 14.9. The Labute approximate surface area is 332 Å². The first-order chi connectivity index (χ1) is 28.0. The molecule has 1 aliphatic carbocycles. The van der Waals surface area contributed by atoms with Crippen molar-refractivity contribution in [1.82, 2.24) is 9.97 Å². The second-order valence-electron chi connectivity index (χ2n) is 15.8. The summed E-state index contributed by atoms with van der Waals surface area (Å²) in [5.74, 6) is 0.702. The van der Waals surface area contributed by atoms with Gasteiger partial charge in [0.1, 0.15) is 0 Å². The SMILES string of the molecule is CC1(C)c2cc3ccccc3cc2-c2c(-c3cccc(-c4cccc(-c5nc(-c6cccc7ccccc67)cc(-c6cccc7ccccc67)n5)c4)c3)cccc21. The fourth-order valence-electron chi connectivity index (χ4n) is 9.17. The summed E-state index contributed by atoms with van der Waals surface area (Å²) in [4.78, 5) is 10.6. The van der Waals surface area contributed by atoms with Gasteiger partial charge < -0.3 is 0 Å². The van der Waals surface area contributed by atoms with Crippen LogP contribution in [0.4, 0.5) is 0 Å². The van der Waals surface area contributed by atoms with E-state index in [1.807, 2.05) is 0 Å². The lowest BCUT2D eigenvalue weighted by Gasteiger charge is -2.22. The quantitative estimate of drug-likeness (QED) is 0.176. The molecule has 1 heterocycles. The van der Waals surface area contributed by atoms with Crippen LogP contribution in [0.2, 0.25) is 0 Å². The molecule has 10 aromatic rings. The molecule has 1 aliphatic rings. The van der Waals surface area contributed by atoms with E-state index in [0.29, 0.717) is 5.82 Å². The van der Waals surface area contributed by atoms with Gasteiger partial charge in [-0.1, -0.05) is 178 Å². The van der Waals surface area contributed by atoms with Crippen molar-refractivity contribution < 1.29 is 0 Å². The van der Waals surface area contributed by atoms with Gasteiger partial charge in [0.25, 0.3) is 0 Å². The molecule has 0 bridgehead atoms. The molecule has 0 saturated heterocycles. The summed E-state index contributed by atoms with van der Waals surface area (Å²) >= 11 is 0. The Hall–Kier alpha value is -7.16. The van der Waals surface area contributed by atoms with E-state index in [1.165, 1.54) is 65.7 Å². The molecule has 0 saturated carbocycles. The minimum Gasteiger partial charge on any atom is -0.228 e. The predicted molar refractivity (Wildman–Crippen MR) is 239 cm³/mol. The molecule has 9 aromatic carbocycles. The molecule has 0 spiro atoms. The molecule has 2 nitrogen and oxygen atoms in total. The van der Waals surface area contributed by atoms with E-state index in [0.717, 1.165) is 39.2 Å². The lowest BCUT2D eigenvalue weighted by atomic mass is 9.81. The Morgan fingerprint density at radius 2 is 0.807 bits per heavy atom. The molecular formula is C55H38N2. The number of rotatable bonds is 5. The average molecular weight is 727 g/mol. The number of nitrogens with zero attached hydrogens (tertiary/aromatic N) is 2. The van der Waals surface area contributed by atoms with Crippen LogP contribution in [0.1, 0.15) is 25.0 Å². The largest absolute Gasteiger partial charge is 0.228 e. The van der Waals surface area contributed by atoms with Gasteiger partial charge in [0, 0.05) is 22.1 Å². The molecule has 1 aromatic heterocycles. The third-order valence-electron chi connectivity index (χ3n) is 12.1. The normalized spacial score (nSPS) is 12.9. The lowest BCUT2D eigenvalue weighted by molar-refractivity contribution is 0.661. The van der Waals surface area contributed by atoms with Crippen LogP contribution in [0, 0.1) is 0 Å². The van der Waals surface area contributed by atoms with Crippen molar-refractivity contribution in [3.63, 3.8) is 0 Å². The molecule has 57 heavy (non-hydrogen) atoms. The first-order valence-corrected chi connectivity index (χ1v) is 19.7. The zero-order valence-corrected chi connectivity index (χ0v) is 31.9. The number of aromatic nitrogens is 2. The molecule has 0 radical (unpaired) electrons. The molecule has 268 valence electrons. The maximum Gasteiger partial charge on any atom is 0.160 e. The maximum atomic E-state index is 5.31. The second-order valence-corrected chi connectivity index (χ2v) is 15.8. The van der Waals surface area contributed by atoms with Gasteiger partial charge in [-0.05, 0) is 107 Å². The van der Waals surface area contributed by atoms with Crippen LogP contribution in [0.5, 0.6) is 0 Å². The molecule has 0 amide bonds. The predicted octanol–water partition coefficient (Wildman–Crippen LogP) is 14.6. The van der Waals surface area contributed by atoms with E-state index in [-0.39, 0.29) is 5.41 Å². The number of benzene rings is 9. The van der Waals surface area contributed by atoms with Crippen LogP contribution < -0.4 is 0 Å². The van der Waals surface area contributed by atoms with Crippen LogP contribution in [0.25, 0.3) is 99.6 Å². The van der Waals surface area contributed by atoms with E-state index in [9.17, 15) is 0 Å². The summed E-state index contributed by atoms with van der Waals surface area (Å²) in [5.41, 5.74) is 15.1. The Balaban J connectivity index is 1.05. The Morgan fingerprint density at radius 1 is 0.333 bits per heavy atom. The zero-order valence-electron chi connectivity index (χ0n) is 31.9. The molecular weight excluding hydrogens is 689 g/mol. The fraction of sp³-hybridized carbons (Fsp3) is 0.0545. The van der Waals surface area contributed by atoms with Crippen LogP contribution in [0.3, 0.4) is 0 Å². The van der Waals surface area contributed by atoms with Gasteiger partial charge in [0.05, 0.1) is 11.4 Å². The van der Waals surface area contributed by atoms with Crippen LogP contribution in [-0.2, 0) is 5.41 Å². The van der Waals surface area contributed by atoms with Crippen molar-refractivity contribution in [2.75, 3.05) is 0 Å². The maximum absolute atomic E-state index is 5.31. The third kappa shape index (κ3) is 5.48. The summed E-state index contributed by atoms with van der Waals surface area (Å²) in [7, 11) is 0. The van der Waals surface area contributed by atoms with Crippen LogP contribution in [0.15, 0.2) is 194 Å². The van der Waals surface area contributed by atoms with Gasteiger partial charge in [0.2, 0.25) is 0 Å². The van der Waals surface area contributed by atoms with E-state index in [1.54, 1.807) is 0 Å². The van der Waals surface area contributed by atoms with Crippen molar-refractivity contribution >= 4 is 32.3 Å². The lowest BCUT2D eigenvalue weighted by Crippen LogP contribution is -2.14. The third-order valence-corrected chi connectivity index (χ3v) is 12.1. The monoisotopic (exact) mass is 726 g/mol. The van der Waals surface area contributed by atoms with Crippen molar-refractivity contribution in [1.29, 1.82) is 0 Å². The Bertz CT molecular complexity index is 3120. The Kier molecular flexibility index (Phi) is 7.55. The second kappa shape index (κ2) is 13.0. The van der Waals surface area contributed by atoms with E-state index in [2.05, 4.69) is 208 Å². The molecule has 2 heteroatoms. The van der Waals surface area contributed by atoms with Crippen LogP contribution >= 0.6 is 0 Å². The van der Waals surface area contributed by atoms with Crippen molar-refractivity contribution in [3.8, 4) is 67.3 Å². The van der Waals surface area contributed by atoms with E-state index >= 15 is 0 Å². The van der Waals surface area contributed by atoms with Gasteiger partial charge in [-0.25, -0.2) is 9.97 Å². The summed E-state index contributed by atoms with van der Waals surface area (Å²) in [6, 6.07) is 70.2. The molecule has 11 rings (SSSR count). The molecule has 0 unspecified atom stereocenters. The van der Waals surface area contributed by atoms with Gasteiger partial charge in [-0.15, -0.1) is 0 Å². The first kappa shape index (κ1) is 33.2. The van der Waals surface area contributed by atoms with E-state index in [4.69, 9.17) is 9.97 Å². The summed E-state index contributed by atoms with van der Waals surface area (Å²) in [5, 5.41) is 7.28. The Morgan fingerprint density at radius 3 is 1.46 bits per heavy atom. The smallest absolute Gasteiger partial charge is 0.160 e. The van der Waals surface area contributed by atoms with Crippen molar-refractivity contribution in [3.05, 3.63) is 205 Å². The van der Waals surface area contributed by atoms with Gasteiger partial charge in [0.15, 0.2) is 5.82 Å². The number of hydrogen-bond acceptors (Lipinski definition) is 2. The zero-order chi connectivity index (χ0) is 38.1. The molecule has 0 atom stereocenters. The van der Waals surface area contributed by atoms with Crippen molar-refractivity contribution in [2.24, 2.45) is 0 Å². The summed E-state index contributed by atoms with van der Waals surface area (Å²) in [6.07, 6.45) is 0. The minimum atomic E-state index is -0.0951. The number of fused-ring (bicyclic) bond motifs is 6. The first-order valence-electron chi connectivity index (χ1n) is 19.7. The van der Waals surface area contributed by atoms with Gasteiger partial charge in [-0.2, -0.15) is 0 Å². The molecule has 0 N–H and O–H groups in total. The van der Waals surface area contributed by atoms with Gasteiger partial charge in [-0.3, -0.25) is 0 Å². The van der Waals surface area contributed by atoms with Crippen LogP contribution in [-0.4, -0.2) is 9.97 Å². The highest BCUT2D eigenvalue weighted by molar-refractivity contribution is 6.01. The fourth-order valence-corrected chi connectivity index (χ4v) is 9.17. The standard InChI is InChI=1S/C55H38N2/c1-55(2)49-29-13-26-45(53(49)48-32-39-16-3-4-17-40(39)33-50(48)55)41-22-9-20-37(30-41)38-21-10-23-42(31-38)54-56-51(46-27-11-18-35-14-5-7-24-43(35)46)34-52(57-54)47-28-12-19-36-15-6-8-25-44(36)47/h3-34H,1-2H3. The number of hydrogen-bond donors (Lipinski definition) is 0. The minimum absolute atomic E-state index is 0.0951. The molecule has 0 fully saturated rings. The topological polar surface area (TPSA) is 25.8 Å².